The summed E-state index contributed by atoms with van der Waals surface area (Å²) in [5, 5.41) is 5.89. The predicted molar refractivity (Wildman–Crippen MR) is 107 cm³/mol. The highest BCUT2D eigenvalue weighted by Gasteiger charge is 2.16. The van der Waals surface area contributed by atoms with Crippen LogP contribution < -0.4 is 15.5 Å². The molecule has 1 aromatic carbocycles. The minimum absolute atomic E-state index is 0.146. The van der Waals surface area contributed by atoms with E-state index in [0.29, 0.717) is 32.2 Å². The molecule has 1 aliphatic heterocycles. The van der Waals surface area contributed by atoms with Crippen LogP contribution >= 0.6 is 0 Å². The third kappa shape index (κ3) is 5.69. The van der Waals surface area contributed by atoms with Gasteiger partial charge in [0, 0.05) is 37.9 Å². The lowest BCUT2D eigenvalue weighted by Crippen LogP contribution is -2.39. The van der Waals surface area contributed by atoms with Gasteiger partial charge >= 0.3 is 6.03 Å². The Morgan fingerprint density at radius 1 is 1.15 bits per heavy atom. The first kappa shape index (κ1) is 19.2. The fourth-order valence-electron chi connectivity index (χ4n) is 3.22. The van der Waals surface area contributed by atoms with Gasteiger partial charge in [-0.2, -0.15) is 0 Å². The molecule has 1 aliphatic rings. The number of aromatic nitrogens is 1. The van der Waals surface area contributed by atoms with Crippen LogP contribution in [0, 0.1) is 0 Å². The van der Waals surface area contributed by atoms with Crippen molar-refractivity contribution < 1.29 is 9.53 Å². The first-order valence-electron chi connectivity index (χ1n) is 9.57. The van der Waals surface area contributed by atoms with Crippen molar-refractivity contribution in [3.8, 4) is 0 Å². The van der Waals surface area contributed by atoms with Gasteiger partial charge in [0.25, 0.3) is 0 Å². The van der Waals surface area contributed by atoms with Crippen LogP contribution in [0.1, 0.15) is 30.4 Å². The molecule has 6 nitrogen and oxygen atoms in total. The highest BCUT2D eigenvalue weighted by molar-refractivity contribution is 5.74. The number of urea groups is 1. The molecule has 1 fully saturated rings. The zero-order chi connectivity index (χ0) is 18.9. The fraction of sp³-hybridized carbons (Fsp3) is 0.429. The first-order chi connectivity index (χ1) is 13.2. The molecule has 2 amide bonds. The molecule has 0 spiro atoms. The number of anilines is 1. The lowest BCUT2D eigenvalue weighted by molar-refractivity contribution is 0.122. The Labute approximate surface area is 160 Å². The summed E-state index contributed by atoms with van der Waals surface area (Å²) in [6, 6.07) is 14.1. The van der Waals surface area contributed by atoms with Crippen LogP contribution in [0.3, 0.4) is 0 Å². The van der Waals surface area contributed by atoms with E-state index < -0.39 is 0 Å². The number of pyridine rings is 1. The Balaban J connectivity index is 1.44. The van der Waals surface area contributed by atoms with Gasteiger partial charge in [0.05, 0.1) is 13.2 Å². The summed E-state index contributed by atoms with van der Waals surface area (Å²) < 4.78 is 5.41. The summed E-state index contributed by atoms with van der Waals surface area (Å²) in [7, 11) is 0. The average molecular weight is 368 g/mol. The number of carbonyl (C=O) groups is 1. The topological polar surface area (TPSA) is 66.5 Å². The van der Waals surface area contributed by atoms with E-state index in [1.165, 1.54) is 5.56 Å². The van der Waals surface area contributed by atoms with Crippen LogP contribution in [0.4, 0.5) is 10.6 Å². The number of amides is 2. The molecule has 2 N–H and O–H groups in total. The van der Waals surface area contributed by atoms with Crippen molar-refractivity contribution in [3.05, 3.63) is 59.8 Å². The molecule has 1 saturated heterocycles. The quantitative estimate of drug-likeness (QED) is 0.789. The van der Waals surface area contributed by atoms with Crippen LogP contribution in [0.15, 0.2) is 48.7 Å². The van der Waals surface area contributed by atoms with Gasteiger partial charge < -0.3 is 20.3 Å². The minimum atomic E-state index is -0.146. The lowest BCUT2D eigenvalue weighted by Gasteiger charge is -2.29. The normalized spacial score (nSPS) is 15.2. The summed E-state index contributed by atoms with van der Waals surface area (Å²) in [6.45, 7) is 6.36. The number of benzene rings is 1. The number of ether oxygens (including phenoxy) is 1. The zero-order valence-corrected chi connectivity index (χ0v) is 15.9. The van der Waals surface area contributed by atoms with Crippen LogP contribution in [0.25, 0.3) is 0 Å². The van der Waals surface area contributed by atoms with E-state index in [-0.39, 0.29) is 6.03 Å². The highest BCUT2D eigenvalue weighted by atomic mass is 16.5. The van der Waals surface area contributed by atoms with Crippen molar-refractivity contribution in [2.45, 2.75) is 25.8 Å². The summed E-state index contributed by atoms with van der Waals surface area (Å²) in [4.78, 5) is 18.9. The molecule has 0 saturated carbocycles. The van der Waals surface area contributed by atoms with Crippen LogP contribution in [0.2, 0.25) is 0 Å². The number of nitrogens with zero attached hydrogens (tertiary/aromatic N) is 2. The average Bonchev–Trinajstić information content (AvgIpc) is 2.73. The van der Waals surface area contributed by atoms with Crippen LogP contribution in [0.5, 0.6) is 0 Å². The molecule has 27 heavy (non-hydrogen) atoms. The standard InChI is InChI=1S/C21H28N4O2/c1-17(18-6-3-2-4-7-18)9-11-23-21(26)24-16-19-8-5-10-22-20(19)25-12-14-27-15-13-25/h2-8,10,17H,9,11-16H2,1H3,(H2,23,24,26). The van der Waals surface area contributed by atoms with E-state index in [2.05, 4.69) is 39.6 Å². The number of rotatable bonds is 7. The Bertz CT molecular complexity index is 717. The van der Waals surface area contributed by atoms with Gasteiger partial charge in [0.15, 0.2) is 0 Å². The van der Waals surface area contributed by atoms with Gasteiger partial charge in [0.2, 0.25) is 0 Å². The maximum Gasteiger partial charge on any atom is 0.315 e. The van der Waals surface area contributed by atoms with Gasteiger partial charge in [-0.05, 0) is 24.0 Å². The van der Waals surface area contributed by atoms with Gasteiger partial charge in [0.1, 0.15) is 5.82 Å². The predicted octanol–water partition coefficient (Wildman–Crippen LogP) is 2.91. The van der Waals surface area contributed by atoms with Crippen molar-refractivity contribution in [2.24, 2.45) is 0 Å². The Hall–Kier alpha value is -2.60. The number of hydrogen-bond donors (Lipinski definition) is 2. The molecule has 144 valence electrons. The van der Waals surface area contributed by atoms with Crippen LogP contribution in [-0.2, 0) is 11.3 Å². The van der Waals surface area contributed by atoms with E-state index in [0.717, 1.165) is 30.9 Å². The molecule has 1 atom stereocenters. The molecule has 2 aromatic rings. The SMILES string of the molecule is CC(CCNC(=O)NCc1cccnc1N1CCOCC1)c1ccccc1. The third-order valence-corrected chi connectivity index (χ3v) is 4.85. The van der Waals surface area contributed by atoms with Gasteiger partial charge in [-0.3, -0.25) is 0 Å². The molecule has 6 heteroatoms. The smallest absolute Gasteiger partial charge is 0.315 e. The van der Waals surface area contributed by atoms with Crippen molar-refractivity contribution in [1.29, 1.82) is 0 Å². The summed E-state index contributed by atoms with van der Waals surface area (Å²) in [5.41, 5.74) is 2.32. The van der Waals surface area contributed by atoms with Crippen molar-refractivity contribution in [1.82, 2.24) is 15.6 Å². The van der Waals surface area contributed by atoms with Crippen molar-refractivity contribution in [2.75, 3.05) is 37.7 Å². The molecule has 0 bridgehead atoms. The fourth-order valence-corrected chi connectivity index (χ4v) is 3.22. The maximum atomic E-state index is 12.1. The highest BCUT2D eigenvalue weighted by Crippen LogP contribution is 2.19. The van der Waals surface area contributed by atoms with E-state index in [1.54, 1.807) is 6.20 Å². The van der Waals surface area contributed by atoms with E-state index in [4.69, 9.17) is 4.74 Å². The number of nitrogens with one attached hydrogen (secondary N) is 2. The lowest BCUT2D eigenvalue weighted by atomic mass is 9.98. The van der Waals surface area contributed by atoms with Crippen molar-refractivity contribution in [3.63, 3.8) is 0 Å². The molecule has 2 heterocycles. The number of hydrogen-bond acceptors (Lipinski definition) is 4. The molecule has 0 radical (unpaired) electrons. The maximum absolute atomic E-state index is 12.1. The molecule has 1 aromatic heterocycles. The van der Waals surface area contributed by atoms with E-state index >= 15 is 0 Å². The van der Waals surface area contributed by atoms with Crippen LogP contribution in [-0.4, -0.2) is 43.9 Å². The molecule has 0 aliphatic carbocycles. The van der Waals surface area contributed by atoms with Gasteiger partial charge in [-0.1, -0.05) is 43.3 Å². The molecular formula is C21H28N4O2. The Morgan fingerprint density at radius 2 is 1.93 bits per heavy atom. The number of morpholine rings is 1. The van der Waals surface area contributed by atoms with Gasteiger partial charge in [-0.15, -0.1) is 0 Å². The Morgan fingerprint density at radius 3 is 2.70 bits per heavy atom. The molecule has 3 rings (SSSR count). The van der Waals surface area contributed by atoms with Gasteiger partial charge in [-0.25, -0.2) is 9.78 Å². The minimum Gasteiger partial charge on any atom is -0.378 e. The summed E-state index contributed by atoms with van der Waals surface area (Å²) in [5.74, 6) is 1.34. The van der Waals surface area contributed by atoms with E-state index in [9.17, 15) is 4.79 Å². The van der Waals surface area contributed by atoms with Crippen molar-refractivity contribution >= 4 is 11.8 Å². The second-order valence-corrected chi connectivity index (χ2v) is 6.80. The second-order valence-electron chi connectivity index (χ2n) is 6.80. The first-order valence-corrected chi connectivity index (χ1v) is 9.57. The largest absolute Gasteiger partial charge is 0.378 e. The monoisotopic (exact) mass is 368 g/mol. The third-order valence-electron chi connectivity index (χ3n) is 4.85. The molecular weight excluding hydrogens is 340 g/mol. The molecule has 1 unspecified atom stereocenters. The zero-order valence-electron chi connectivity index (χ0n) is 15.9. The summed E-state index contributed by atoms with van der Waals surface area (Å²) >= 11 is 0. The Kier molecular flexibility index (Phi) is 7.04. The van der Waals surface area contributed by atoms with E-state index in [1.807, 2.05) is 30.3 Å². The second kappa shape index (κ2) is 9.92. The number of carbonyl (C=O) groups excluding carboxylic acids is 1. The summed E-state index contributed by atoms with van der Waals surface area (Å²) in [6.07, 6.45) is 2.70.